The zero-order valence-corrected chi connectivity index (χ0v) is 9.82. The van der Waals surface area contributed by atoms with Gasteiger partial charge in [-0.15, -0.1) is 0 Å². The van der Waals surface area contributed by atoms with Crippen LogP contribution in [0.2, 0.25) is 0 Å². The highest BCUT2D eigenvalue weighted by molar-refractivity contribution is 5.92. The smallest absolute Gasteiger partial charge is 0.270 e. The van der Waals surface area contributed by atoms with E-state index in [9.17, 15) is 9.18 Å². The molecule has 0 bridgehead atoms. The van der Waals surface area contributed by atoms with Crippen molar-refractivity contribution in [2.24, 2.45) is 0 Å². The molecule has 0 spiro atoms. The molecule has 1 aliphatic heterocycles. The van der Waals surface area contributed by atoms with Gasteiger partial charge in [0.1, 0.15) is 5.69 Å². The highest BCUT2D eigenvalue weighted by Gasteiger charge is 2.20. The van der Waals surface area contributed by atoms with E-state index in [-0.39, 0.29) is 17.6 Å². The summed E-state index contributed by atoms with van der Waals surface area (Å²) in [5.41, 5.74) is 0.137. The van der Waals surface area contributed by atoms with Crippen LogP contribution < -0.4 is 5.32 Å². The molecule has 1 aromatic rings. The van der Waals surface area contributed by atoms with Crippen molar-refractivity contribution in [2.45, 2.75) is 18.9 Å². The molecule has 5 heteroatoms. The number of pyridine rings is 1. The summed E-state index contributed by atoms with van der Waals surface area (Å²) in [5, 5.41) is 2.88. The first-order valence-electron chi connectivity index (χ1n) is 5.77. The number of hydrogen-bond acceptors (Lipinski definition) is 3. The highest BCUT2D eigenvalue weighted by atomic mass is 19.1. The van der Waals surface area contributed by atoms with Crippen LogP contribution in [0.3, 0.4) is 0 Å². The van der Waals surface area contributed by atoms with Crippen molar-refractivity contribution in [2.75, 3.05) is 20.1 Å². The summed E-state index contributed by atoms with van der Waals surface area (Å²) in [6, 6.07) is 4.37. The van der Waals surface area contributed by atoms with Crippen LogP contribution in [0.1, 0.15) is 23.3 Å². The first-order valence-corrected chi connectivity index (χ1v) is 5.77. The van der Waals surface area contributed by atoms with Crippen molar-refractivity contribution in [3.05, 3.63) is 29.8 Å². The molecule has 1 amide bonds. The van der Waals surface area contributed by atoms with Crippen LogP contribution >= 0.6 is 0 Å². The maximum atomic E-state index is 12.9. The molecular weight excluding hydrogens is 221 g/mol. The molecule has 1 aromatic heterocycles. The van der Waals surface area contributed by atoms with E-state index >= 15 is 0 Å². The maximum Gasteiger partial charge on any atom is 0.270 e. The van der Waals surface area contributed by atoms with Crippen LogP contribution in [0.25, 0.3) is 0 Å². The van der Waals surface area contributed by atoms with E-state index in [4.69, 9.17) is 0 Å². The van der Waals surface area contributed by atoms with Crippen LogP contribution in [-0.2, 0) is 0 Å². The summed E-state index contributed by atoms with van der Waals surface area (Å²) in [5.74, 6) is -0.928. The number of halogens is 1. The number of likely N-dealkylation sites (tertiary alicyclic amines) is 1. The van der Waals surface area contributed by atoms with Crippen molar-refractivity contribution in [3.63, 3.8) is 0 Å². The SMILES string of the molecule is CN1CCCC(NC(=O)c2cccc(F)n2)C1. The Labute approximate surface area is 99.8 Å². The van der Waals surface area contributed by atoms with Crippen LogP contribution in [0.4, 0.5) is 4.39 Å². The Morgan fingerprint density at radius 3 is 3.12 bits per heavy atom. The molecule has 0 radical (unpaired) electrons. The molecule has 1 atom stereocenters. The monoisotopic (exact) mass is 237 g/mol. The van der Waals surface area contributed by atoms with Gasteiger partial charge in [-0.2, -0.15) is 4.39 Å². The largest absolute Gasteiger partial charge is 0.347 e. The molecule has 2 rings (SSSR count). The van der Waals surface area contributed by atoms with Gasteiger partial charge in [0.15, 0.2) is 0 Å². The minimum absolute atomic E-state index is 0.131. The molecule has 0 aliphatic carbocycles. The Balaban J connectivity index is 1.97. The molecule has 92 valence electrons. The first-order chi connectivity index (χ1) is 8.15. The molecule has 1 aliphatic rings. The summed E-state index contributed by atoms with van der Waals surface area (Å²) in [4.78, 5) is 17.6. The molecule has 1 unspecified atom stereocenters. The second-order valence-corrected chi connectivity index (χ2v) is 4.42. The fourth-order valence-electron chi connectivity index (χ4n) is 2.08. The van der Waals surface area contributed by atoms with E-state index in [1.165, 1.54) is 18.2 Å². The van der Waals surface area contributed by atoms with Gasteiger partial charge in [0.25, 0.3) is 5.91 Å². The van der Waals surface area contributed by atoms with Crippen LogP contribution in [0.15, 0.2) is 18.2 Å². The van der Waals surface area contributed by atoms with E-state index in [0.29, 0.717) is 0 Å². The third-order valence-electron chi connectivity index (χ3n) is 2.91. The Kier molecular flexibility index (Phi) is 3.68. The number of carbonyl (C=O) groups is 1. The van der Waals surface area contributed by atoms with Gasteiger partial charge < -0.3 is 10.2 Å². The molecule has 4 nitrogen and oxygen atoms in total. The third-order valence-corrected chi connectivity index (χ3v) is 2.91. The second-order valence-electron chi connectivity index (χ2n) is 4.42. The van der Waals surface area contributed by atoms with E-state index in [2.05, 4.69) is 15.2 Å². The number of nitrogens with one attached hydrogen (secondary N) is 1. The lowest BCUT2D eigenvalue weighted by Gasteiger charge is -2.30. The van der Waals surface area contributed by atoms with Crippen molar-refractivity contribution in [1.82, 2.24) is 15.2 Å². The number of carbonyl (C=O) groups excluding carboxylic acids is 1. The van der Waals surface area contributed by atoms with Crippen molar-refractivity contribution < 1.29 is 9.18 Å². The maximum absolute atomic E-state index is 12.9. The summed E-state index contributed by atoms with van der Waals surface area (Å²) < 4.78 is 12.9. The second kappa shape index (κ2) is 5.23. The average molecular weight is 237 g/mol. The van der Waals surface area contributed by atoms with Gasteiger partial charge in [0, 0.05) is 12.6 Å². The number of piperidine rings is 1. The van der Waals surface area contributed by atoms with Crippen LogP contribution in [-0.4, -0.2) is 42.0 Å². The van der Waals surface area contributed by atoms with Crippen LogP contribution in [0, 0.1) is 5.95 Å². The summed E-state index contributed by atoms with van der Waals surface area (Å²) in [6.07, 6.45) is 2.03. The molecule has 0 aromatic carbocycles. The highest BCUT2D eigenvalue weighted by Crippen LogP contribution is 2.08. The van der Waals surface area contributed by atoms with E-state index in [0.717, 1.165) is 25.9 Å². The van der Waals surface area contributed by atoms with E-state index < -0.39 is 5.95 Å². The quantitative estimate of drug-likeness (QED) is 0.782. The minimum atomic E-state index is -0.626. The van der Waals surface area contributed by atoms with Gasteiger partial charge in [-0.3, -0.25) is 4.79 Å². The fourth-order valence-corrected chi connectivity index (χ4v) is 2.08. The number of aromatic nitrogens is 1. The summed E-state index contributed by atoms with van der Waals surface area (Å²) in [6.45, 7) is 1.89. The lowest BCUT2D eigenvalue weighted by molar-refractivity contribution is 0.0906. The Bertz CT molecular complexity index is 410. The van der Waals surface area contributed by atoms with Crippen molar-refractivity contribution in [3.8, 4) is 0 Å². The molecule has 2 heterocycles. The molecular formula is C12H16FN3O. The number of rotatable bonds is 2. The number of hydrogen-bond donors (Lipinski definition) is 1. The lowest BCUT2D eigenvalue weighted by atomic mass is 10.1. The zero-order chi connectivity index (χ0) is 12.3. The third kappa shape index (κ3) is 3.23. The minimum Gasteiger partial charge on any atom is -0.347 e. The van der Waals surface area contributed by atoms with Crippen molar-refractivity contribution >= 4 is 5.91 Å². The molecule has 17 heavy (non-hydrogen) atoms. The van der Waals surface area contributed by atoms with Gasteiger partial charge in [-0.05, 0) is 38.6 Å². The molecule has 1 N–H and O–H groups in total. The Hall–Kier alpha value is -1.49. The van der Waals surface area contributed by atoms with Gasteiger partial charge in [0.2, 0.25) is 5.95 Å². The molecule has 1 saturated heterocycles. The van der Waals surface area contributed by atoms with Gasteiger partial charge in [-0.25, -0.2) is 4.98 Å². The predicted octanol–water partition coefficient (Wildman–Crippen LogP) is 1.04. The number of likely N-dealkylation sites (N-methyl/N-ethyl adjacent to an activating group) is 1. The first kappa shape index (κ1) is 12.0. The topological polar surface area (TPSA) is 45.2 Å². The zero-order valence-electron chi connectivity index (χ0n) is 9.82. The number of nitrogens with zero attached hydrogens (tertiary/aromatic N) is 2. The van der Waals surface area contributed by atoms with Gasteiger partial charge in [0.05, 0.1) is 0 Å². The average Bonchev–Trinajstić information content (AvgIpc) is 2.29. The Morgan fingerprint density at radius 1 is 1.59 bits per heavy atom. The van der Waals surface area contributed by atoms with E-state index in [1.54, 1.807) is 0 Å². The fraction of sp³-hybridized carbons (Fsp3) is 0.500. The van der Waals surface area contributed by atoms with Crippen molar-refractivity contribution in [1.29, 1.82) is 0 Å². The summed E-state index contributed by atoms with van der Waals surface area (Å²) in [7, 11) is 2.03. The normalized spacial score (nSPS) is 21.2. The predicted molar refractivity (Wildman–Crippen MR) is 62.2 cm³/mol. The summed E-state index contributed by atoms with van der Waals surface area (Å²) >= 11 is 0. The van der Waals surface area contributed by atoms with Gasteiger partial charge >= 0.3 is 0 Å². The Morgan fingerprint density at radius 2 is 2.41 bits per heavy atom. The van der Waals surface area contributed by atoms with E-state index in [1.807, 2.05) is 7.05 Å². The lowest BCUT2D eigenvalue weighted by Crippen LogP contribution is -2.46. The molecule has 0 saturated carbocycles. The molecule has 1 fully saturated rings. The van der Waals surface area contributed by atoms with Gasteiger partial charge in [-0.1, -0.05) is 6.07 Å². The number of amides is 1. The van der Waals surface area contributed by atoms with Crippen LogP contribution in [0.5, 0.6) is 0 Å². The standard InChI is InChI=1S/C12H16FN3O/c1-16-7-3-4-9(8-16)14-12(17)10-5-2-6-11(13)15-10/h2,5-6,9H,3-4,7-8H2,1H3,(H,14,17).